The molecule has 2 aromatic rings. The zero-order valence-electron chi connectivity index (χ0n) is 21.9. The summed E-state index contributed by atoms with van der Waals surface area (Å²) in [5.41, 5.74) is 4.68. The number of carbonyl (C=O) groups is 3. The molecule has 3 atom stereocenters. The molecule has 1 saturated carbocycles. The fourth-order valence-electron chi connectivity index (χ4n) is 5.95. The Balaban J connectivity index is 1.17. The Bertz CT molecular complexity index is 1170. The van der Waals surface area contributed by atoms with E-state index in [0.717, 1.165) is 24.4 Å². The van der Waals surface area contributed by atoms with Crippen molar-refractivity contribution in [3.8, 4) is 5.75 Å². The minimum atomic E-state index is -0.377. The number of benzene rings is 2. The molecule has 8 heteroatoms. The first-order valence-electron chi connectivity index (χ1n) is 13.2. The number of methoxy groups -OCH3 is 1. The van der Waals surface area contributed by atoms with E-state index in [1.807, 2.05) is 29.2 Å². The van der Waals surface area contributed by atoms with Crippen molar-refractivity contribution in [1.82, 2.24) is 15.1 Å². The number of hydrogen-bond acceptors (Lipinski definition) is 5. The highest BCUT2D eigenvalue weighted by Gasteiger charge is 2.46. The Morgan fingerprint density at radius 2 is 1.73 bits per heavy atom. The second kappa shape index (κ2) is 10.4. The van der Waals surface area contributed by atoms with Crippen LogP contribution in [0, 0.1) is 25.7 Å². The maximum atomic E-state index is 13.4. The van der Waals surface area contributed by atoms with Gasteiger partial charge in [0.2, 0.25) is 11.8 Å². The Labute approximate surface area is 218 Å². The van der Waals surface area contributed by atoms with Crippen molar-refractivity contribution in [3.63, 3.8) is 0 Å². The second-order valence-electron chi connectivity index (χ2n) is 10.5. The van der Waals surface area contributed by atoms with Crippen molar-refractivity contribution >= 4 is 23.5 Å². The molecule has 1 N–H and O–H groups in total. The number of nitrogens with zero attached hydrogens (tertiary/aromatic N) is 3. The Morgan fingerprint density at radius 1 is 1.00 bits per heavy atom. The van der Waals surface area contributed by atoms with Gasteiger partial charge in [-0.2, -0.15) is 0 Å². The summed E-state index contributed by atoms with van der Waals surface area (Å²) in [5, 5.41) is 3.03. The average molecular weight is 505 g/mol. The molecule has 2 aromatic carbocycles. The highest BCUT2D eigenvalue weighted by atomic mass is 16.5. The van der Waals surface area contributed by atoms with Crippen molar-refractivity contribution in [2.24, 2.45) is 11.8 Å². The van der Waals surface area contributed by atoms with Crippen molar-refractivity contribution in [2.45, 2.75) is 45.7 Å². The molecule has 1 aliphatic carbocycles. The molecule has 8 nitrogen and oxygen atoms in total. The normalized spacial score (nSPS) is 24.0. The fraction of sp³-hybridized carbons (Fsp3) is 0.483. The Kier molecular flexibility index (Phi) is 7.09. The van der Waals surface area contributed by atoms with Gasteiger partial charge < -0.3 is 19.9 Å². The lowest BCUT2D eigenvalue weighted by atomic mass is 9.76. The van der Waals surface area contributed by atoms with Gasteiger partial charge in [0.1, 0.15) is 5.75 Å². The predicted octanol–water partition coefficient (Wildman–Crippen LogP) is 3.50. The van der Waals surface area contributed by atoms with Gasteiger partial charge in [0.05, 0.1) is 19.6 Å². The fourth-order valence-corrected chi connectivity index (χ4v) is 5.95. The SMILES string of the molecule is COc1ccc(CN2C(=O)NC3CC(C(=O)N4CCN(c5cccc(C)c5C)CC4)CCC3C2=O)cc1. The third-order valence-corrected chi connectivity index (χ3v) is 8.34. The molecule has 5 rings (SSSR count). The largest absolute Gasteiger partial charge is 0.497 e. The number of piperazine rings is 1. The minimum absolute atomic E-state index is 0.141. The molecule has 0 radical (unpaired) electrons. The van der Waals surface area contributed by atoms with Crippen LogP contribution in [0.4, 0.5) is 10.5 Å². The molecular weight excluding hydrogens is 468 g/mol. The number of fused-ring (bicyclic) bond motifs is 1. The topological polar surface area (TPSA) is 82.2 Å². The summed E-state index contributed by atoms with van der Waals surface area (Å²) < 4.78 is 5.19. The zero-order chi connectivity index (χ0) is 26.1. The second-order valence-corrected chi connectivity index (χ2v) is 10.5. The van der Waals surface area contributed by atoms with E-state index >= 15 is 0 Å². The lowest BCUT2D eigenvalue weighted by Crippen LogP contribution is -2.62. The van der Waals surface area contributed by atoms with E-state index in [4.69, 9.17) is 4.74 Å². The highest BCUT2D eigenvalue weighted by molar-refractivity contribution is 5.99. The molecule has 2 aliphatic heterocycles. The quantitative estimate of drug-likeness (QED) is 0.674. The lowest BCUT2D eigenvalue weighted by molar-refractivity contribution is -0.143. The molecule has 37 heavy (non-hydrogen) atoms. The van der Waals surface area contributed by atoms with Crippen LogP contribution in [-0.4, -0.2) is 67.0 Å². The number of imide groups is 1. The number of amides is 4. The maximum Gasteiger partial charge on any atom is 0.324 e. The maximum absolute atomic E-state index is 13.4. The van der Waals surface area contributed by atoms with Crippen LogP contribution in [0.2, 0.25) is 0 Å². The van der Waals surface area contributed by atoms with Gasteiger partial charge in [-0.15, -0.1) is 0 Å². The van der Waals surface area contributed by atoms with Crippen LogP contribution in [0.25, 0.3) is 0 Å². The van der Waals surface area contributed by atoms with E-state index in [1.165, 1.54) is 21.7 Å². The molecule has 2 saturated heterocycles. The van der Waals surface area contributed by atoms with Gasteiger partial charge in [-0.25, -0.2) is 4.79 Å². The first-order chi connectivity index (χ1) is 17.9. The monoisotopic (exact) mass is 504 g/mol. The van der Waals surface area contributed by atoms with E-state index in [2.05, 4.69) is 42.3 Å². The number of carbonyl (C=O) groups excluding carboxylic acids is 3. The van der Waals surface area contributed by atoms with Gasteiger partial charge in [-0.1, -0.05) is 24.3 Å². The molecule has 4 amide bonds. The molecule has 3 unspecified atom stereocenters. The molecule has 0 spiro atoms. The van der Waals surface area contributed by atoms with Crippen LogP contribution in [0.5, 0.6) is 5.75 Å². The molecule has 3 aliphatic rings. The first kappa shape index (κ1) is 25.1. The summed E-state index contributed by atoms with van der Waals surface area (Å²) in [6.45, 7) is 7.51. The minimum Gasteiger partial charge on any atom is -0.497 e. The smallest absolute Gasteiger partial charge is 0.324 e. The van der Waals surface area contributed by atoms with E-state index in [1.54, 1.807) is 7.11 Å². The number of urea groups is 1. The van der Waals surface area contributed by atoms with Gasteiger partial charge >= 0.3 is 6.03 Å². The molecular formula is C29H36N4O4. The third-order valence-electron chi connectivity index (χ3n) is 8.34. The van der Waals surface area contributed by atoms with Gasteiger partial charge in [-0.3, -0.25) is 14.5 Å². The molecule has 196 valence electrons. The molecule has 0 aromatic heterocycles. The van der Waals surface area contributed by atoms with Gasteiger partial charge in [-0.05, 0) is 68.0 Å². The van der Waals surface area contributed by atoms with Crippen LogP contribution in [0.3, 0.4) is 0 Å². The van der Waals surface area contributed by atoms with Crippen LogP contribution >= 0.6 is 0 Å². The van der Waals surface area contributed by atoms with E-state index in [9.17, 15) is 14.4 Å². The van der Waals surface area contributed by atoms with Gasteiger partial charge in [0, 0.05) is 43.8 Å². The van der Waals surface area contributed by atoms with Crippen molar-refractivity contribution < 1.29 is 19.1 Å². The van der Waals surface area contributed by atoms with E-state index in [-0.39, 0.29) is 42.3 Å². The molecule has 0 bridgehead atoms. The van der Waals surface area contributed by atoms with Gasteiger partial charge in [0.15, 0.2) is 0 Å². The van der Waals surface area contributed by atoms with E-state index < -0.39 is 0 Å². The number of nitrogens with one attached hydrogen (secondary N) is 1. The summed E-state index contributed by atoms with van der Waals surface area (Å²) in [7, 11) is 1.60. The molecule has 2 heterocycles. The summed E-state index contributed by atoms with van der Waals surface area (Å²) in [6, 6.07) is 13.1. The van der Waals surface area contributed by atoms with Crippen molar-refractivity contribution in [3.05, 3.63) is 59.2 Å². The van der Waals surface area contributed by atoms with Crippen LogP contribution in [0.15, 0.2) is 42.5 Å². The summed E-state index contributed by atoms with van der Waals surface area (Å²) >= 11 is 0. The van der Waals surface area contributed by atoms with Crippen LogP contribution in [0.1, 0.15) is 36.0 Å². The van der Waals surface area contributed by atoms with Crippen molar-refractivity contribution in [1.29, 1.82) is 0 Å². The highest BCUT2D eigenvalue weighted by Crippen LogP contribution is 2.35. The Morgan fingerprint density at radius 3 is 2.43 bits per heavy atom. The van der Waals surface area contributed by atoms with Crippen LogP contribution in [-0.2, 0) is 16.1 Å². The van der Waals surface area contributed by atoms with E-state index in [0.29, 0.717) is 32.4 Å². The molecule has 3 fully saturated rings. The van der Waals surface area contributed by atoms with Gasteiger partial charge in [0.25, 0.3) is 0 Å². The third kappa shape index (κ3) is 5.02. The number of anilines is 1. The Hall–Kier alpha value is -3.55. The standard InChI is InChI=1S/C29H36N4O4/c1-19-5-4-6-26(20(19)2)31-13-15-32(16-14-31)27(34)22-9-12-24-25(17-22)30-29(36)33(28(24)35)18-21-7-10-23(37-3)11-8-21/h4-8,10-11,22,24-25H,9,12-18H2,1-3H3,(H,30,36). The average Bonchev–Trinajstić information content (AvgIpc) is 2.92. The summed E-state index contributed by atoms with van der Waals surface area (Å²) in [6.07, 6.45) is 1.81. The number of hydrogen-bond donors (Lipinski definition) is 1. The lowest BCUT2D eigenvalue weighted by Gasteiger charge is -2.44. The first-order valence-corrected chi connectivity index (χ1v) is 13.2. The predicted molar refractivity (Wildman–Crippen MR) is 141 cm³/mol. The van der Waals surface area contributed by atoms with Crippen LogP contribution < -0.4 is 15.0 Å². The summed E-state index contributed by atoms with van der Waals surface area (Å²) in [4.78, 5) is 45.1. The number of aryl methyl sites for hydroxylation is 1. The zero-order valence-corrected chi connectivity index (χ0v) is 21.9. The van der Waals surface area contributed by atoms with Crippen molar-refractivity contribution in [2.75, 3.05) is 38.2 Å². The number of rotatable bonds is 5. The summed E-state index contributed by atoms with van der Waals surface area (Å²) in [5.74, 6) is 0.308. The number of ether oxygens (including phenoxy) is 1.